The molecule has 2 N–H and O–H groups in total. The van der Waals surface area contributed by atoms with E-state index >= 15 is 4.39 Å². The zero-order valence-corrected chi connectivity index (χ0v) is 14.2. The highest BCUT2D eigenvalue weighted by atomic mass is 19.1. The molecule has 1 aliphatic heterocycles. The molecule has 0 bridgehead atoms. The van der Waals surface area contributed by atoms with Crippen LogP contribution in [0.3, 0.4) is 0 Å². The highest BCUT2D eigenvalue weighted by Crippen LogP contribution is 2.38. The molecular weight excluding hydrogens is 306 g/mol. The number of alkyl halides is 1. The van der Waals surface area contributed by atoms with Crippen LogP contribution in [0.2, 0.25) is 0 Å². The summed E-state index contributed by atoms with van der Waals surface area (Å²) >= 11 is 0. The Morgan fingerprint density at radius 3 is 2.71 bits per heavy atom. The molecule has 128 valence electrons. The van der Waals surface area contributed by atoms with Crippen molar-refractivity contribution in [3.8, 4) is 0 Å². The lowest BCUT2D eigenvalue weighted by atomic mass is 9.85. The number of halogens is 2. The summed E-state index contributed by atoms with van der Waals surface area (Å²) < 4.78 is 29.8. The second-order valence-electron chi connectivity index (χ2n) is 6.63. The first kappa shape index (κ1) is 16.7. The average molecular weight is 330 g/mol. The third-order valence-electron chi connectivity index (χ3n) is 4.90. The largest absolute Gasteiger partial charge is 0.386 e. The van der Waals surface area contributed by atoms with E-state index in [4.69, 9.17) is 0 Å². The lowest BCUT2D eigenvalue weighted by Gasteiger charge is -2.32. The maximum absolute atomic E-state index is 15.3. The summed E-state index contributed by atoms with van der Waals surface area (Å²) in [5.74, 6) is -0.398. The standard InChI is InChI=1S/C20H24F2N2/c1-3-16-11-17(13-23-16)24-14(2)20(22)10-9-18(19(21)12-20)15-7-5-4-6-8-15/h4-10,13-14,16,23-24H,3,11-12H2,1-2H3/t14?,16-,20?/m0/s1. The molecular formula is C20H24F2N2. The van der Waals surface area contributed by atoms with Gasteiger partial charge in [-0.25, -0.2) is 8.78 Å². The molecule has 1 aliphatic carbocycles. The summed E-state index contributed by atoms with van der Waals surface area (Å²) in [4.78, 5) is 0. The highest BCUT2D eigenvalue weighted by molar-refractivity contribution is 5.77. The quantitative estimate of drug-likeness (QED) is 0.823. The van der Waals surface area contributed by atoms with Crippen LogP contribution in [-0.2, 0) is 0 Å². The van der Waals surface area contributed by atoms with Gasteiger partial charge in [0.25, 0.3) is 0 Å². The van der Waals surface area contributed by atoms with Gasteiger partial charge in [0.1, 0.15) is 5.83 Å². The van der Waals surface area contributed by atoms with Gasteiger partial charge in [0.15, 0.2) is 5.67 Å². The number of allylic oxidation sites excluding steroid dienone is 3. The van der Waals surface area contributed by atoms with Crippen LogP contribution in [-0.4, -0.2) is 17.8 Å². The lowest BCUT2D eigenvalue weighted by Crippen LogP contribution is -2.45. The number of nitrogens with one attached hydrogen (secondary N) is 2. The van der Waals surface area contributed by atoms with Crippen LogP contribution < -0.4 is 10.6 Å². The maximum atomic E-state index is 15.3. The van der Waals surface area contributed by atoms with Crippen molar-refractivity contribution in [3.05, 3.63) is 65.8 Å². The fourth-order valence-corrected chi connectivity index (χ4v) is 3.23. The summed E-state index contributed by atoms with van der Waals surface area (Å²) in [6.45, 7) is 3.88. The molecule has 0 saturated carbocycles. The van der Waals surface area contributed by atoms with E-state index in [1.807, 2.05) is 36.5 Å². The smallest absolute Gasteiger partial charge is 0.155 e. The van der Waals surface area contributed by atoms with E-state index in [-0.39, 0.29) is 6.42 Å². The molecule has 4 heteroatoms. The van der Waals surface area contributed by atoms with Crippen molar-refractivity contribution in [1.29, 1.82) is 0 Å². The molecule has 0 radical (unpaired) electrons. The van der Waals surface area contributed by atoms with E-state index in [1.54, 1.807) is 13.0 Å². The Kier molecular flexibility index (Phi) is 4.74. The molecule has 1 aromatic rings. The van der Waals surface area contributed by atoms with Crippen LogP contribution in [0.1, 0.15) is 38.7 Å². The first-order valence-electron chi connectivity index (χ1n) is 8.55. The van der Waals surface area contributed by atoms with Gasteiger partial charge in [-0.1, -0.05) is 43.3 Å². The van der Waals surface area contributed by atoms with E-state index in [0.717, 1.165) is 24.1 Å². The number of hydrogen-bond acceptors (Lipinski definition) is 2. The van der Waals surface area contributed by atoms with Crippen molar-refractivity contribution >= 4 is 5.57 Å². The summed E-state index contributed by atoms with van der Waals surface area (Å²) in [5.41, 5.74) is 0.511. The molecule has 0 fully saturated rings. The van der Waals surface area contributed by atoms with Gasteiger partial charge in [0.2, 0.25) is 0 Å². The Morgan fingerprint density at radius 2 is 2.08 bits per heavy atom. The Labute approximate surface area is 142 Å². The summed E-state index contributed by atoms with van der Waals surface area (Å²) in [7, 11) is 0. The minimum absolute atomic E-state index is 0.236. The number of benzene rings is 1. The van der Waals surface area contributed by atoms with Crippen molar-refractivity contribution in [3.63, 3.8) is 0 Å². The fourth-order valence-electron chi connectivity index (χ4n) is 3.23. The van der Waals surface area contributed by atoms with Crippen LogP contribution in [0.5, 0.6) is 0 Å². The minimum Gasteiger partial charge on any atom is -0.386 e. The van der Waals surface area contributed by atoms with E-state index in [2.05, 4.69) is 17.6 Å². The third kappa shape index (κ3) is 3.37. The van der Waals surface area contributed by atoms with Crippen molar-refractivity contribution in [2.45, 2.75) is 50.9 Å². The molecule has 0 amide bonds. The van der Waals surface area contributed by atoms with E-state index in [0.29, 0.717) is 11.6 Å². The van der Waals surface area contributed by atoms with Crippen molar-refractivity contribution in [1.82, 2.24) is 10.6 Å². The number of rotatable bonds is 5. The molecule has 2 aliphatic rings. The first-order chi connectivity index (χ1) is 11.5. The van der Waals surface area contributed by atoms with Crippen LogP contribution in [0.4, 0.5) is 8.78 Å². The normalized spacial score (nSPS) is 27.7. The Morgan fingerprint density at radius 1 is 1.33 bits per heavy atom. The molecule has 1 heterocycles. The van der Waals surface area contributed by atoms with E-state index in [1.165, 1.54) is 6.08 Å². The average Bonchev–Trinajstić information content (AvgIpc) is 3.03. The van der Waals surface area contributed by atoms with E-state index < -0.39 is 17.5 Å². The SMILES string of the molecule is CC[C@H]1CC(NC(C)C2(F)C=CC(c3ccccc3)=C(F)C2)=CN1. The lowest BCUT2D eigenvalue weighted by molar-refractivity contribution is 0.165. The maximum Gasteiger partial charge on any atom is 0.155 e. The summed E-state index contributed by atoms with van der Waals surface area (Å²) in [5, 5.41) is 6.48. The molecule has 0 aromatic heterocycles. The van der Waals surface area contributed by atoms with Gasteiger partial charge in [-0.2, -0.15) is 0 Å². The highest BCUT2D eigenvalue weighted by Gasteiger charge is 2.38. The fraction of sp³-hybridized carbons (Fsp3) is 0.400. The zero-order chi connectivity index (χ0) is 17.2. The van der Waals surface area contributed by atoms with Gasteiger partial charge in [0.05, 0.1) is 6.04 Å². The second-order valence-corrected chi connectivity index (χ2v) is 6.63. The van der Waals surface area contributed by atoms with Gasteiger partial charge in [-0.3, -0.25) is 0 Å². The zero-order valence-electron chi connectivity index (χ0n) is 14.2. The van der Waals surface area contributed by atoms with Gasteiger partial charge < -0.3 is 10.6 Å². The van der Waals surface area contributed by atoms with Gasteiger partial charge >= 0.3 is 0 Å². The minimum atomic E-state index is -1.73. The molecule has 2 unspecified atom stereocenters. The third-order valence-corrected chi connectivity index (χ3v) is 4.90. The topological polar surface area (TPSA) is 24.1 Å². The Balaban J connectivity index is 1.70. The van der Waals surface area contributed by atoms with Crippen LogP contribution in [0.25, 0.3) is 5.57 Å². The molecule has 1 aromatic carbocycles. The van der Waals surface area contributed by atoms with Crippen LogP contribution in [0, 0.1) is 0 Å². The summed E-state index contributed by atoms with van der Waals surface area (Å²) in [6.07, 6.45) is 6.61. The molecule has 2 nitrogen and oxygen atoms in total. The monoisotopic (exact) mass is 330 g/mol. The number of hydrogen-bond donors (Lipinski definition) is 2. The van der Waals surface area contributed by atoms with Crippen LogP contribution in [0.15, 0.2) is 60.2 Å². The summed E-state index contributed by atoms with van der Waals surface area (Å²) in [6, 6.07) is 9.17. The predicted molar refractivity (Wildman–Crippen MR) is 94.6 cm³/mol. The Bertz CT molecular complexity index is 678. The van der Waals surface area contributed by atoms with E-state index in [9.17, 15) is 4.39 Å². The predicted octanol–water partition coefficient (Wildman–Crippen LogP) is 4.63. The van der Waals surface area contributed by atoms with Crippen molar-refractivity contribution < 1.29 is 8.78 Å². The second kappa shape index (κ2) is 6.80. The van der Waals surface area contributed by atoms with Crippen molar-refractivity contribution in [2.24, 2.45) is 0 Å². The van der Waals surface area contributed by atoms with Crippen molar-refractivity contribution in [2.75, 3.05) is 0 Å². The molecule has 0 saturated heterocycles. The van der Waals surface area contributed by atoms with Gasteiger partial charge in [-0.05, 0) is 25.0 Å². The Hall–Kier alpha value is -2.10. The van der Waals surface area contributed by atoms with Gasteiger partial charge in [0, 0.05) is 36.4 Å². The molecule has 24 heavy (non-hydrogen) atoms. The molecule has 0 spiro atoms. The van der Waals surface area contributed by atoms with Crippen LogP contribution >= 0.6 is 0 Å². The van der Waals surface area contributed by atoms with Gasteiger partial charge in [-0.15, -0.1) is 0 Å². The molecule has 3 rings (SSSR count). The first-order valence-corrected chi connectivity index (χ1v) is 8.55. The molecule has 3 atom stereocenters.